The summed E-state index contributed by atoms with van der Waals surface area (Å²) in [7, 11) is 0. The molecule has 0 amide bonds. The van der Waals surface area contributed by atoms with Gasteiger partial charge < -0.3 is 4.90 Å². The molecule has 1 fully saturated rings. The summed E-state index contributed by atoms with van der Waals surface area (Å²) in [5, 5.41) is 0.469. The number of hydrogen-bond donors (Lipinski definition) is 0. The second-order valence-electron chi connectivity index (χ2n) is 3.99. The topological polar surface area (TPSA) is 3.24 Å². The first-order chi connectivity index (χ1) is 8.22. The van der Waals surface area contributed by atoms with Crippen LogP contribution in [0.25, 0.3) is 0 Å². The van der Waals surface area contributed by atoms with Crippen LogP contribution < -0.4 is 4.90 Å². The molecule has 1 nitrogen and oxygen atoms in total. The van der Waals surface area contributed by atoms with Crippen molar-refractivity contribution in [2.24, 2.45) is 0 Å². The Balaban J connectivity index is 2.30. The van der Waals surface area contributed by atoms with E-state index in [2.05, 4.69) is 15.9 Å². The third kappa shape index (κ3) is 3.13. The van der Waals surface area contributed by atoms with Crippen LogP contribution in [0.4, 0.5) is 14.5 Å². The Bertz CT molecular complexity index is 369. The summed E-state index contributed by atoms with van der Waals surface area (Å²) in [5.74, 6) is 1.09. The molecule has 0 aromatic heterocycles. The van der Waals surface area contributed by atoms with Gasteiger partial charge in [-0.3, -0.25) is 0 Å². The molecule has 0 radical (unpaired) electrons. The second kappa shape index (κ2) is 6.05. The van der Waals surface area contributed by atoms with E-state index in [1.54, 1.807) is 0 Å². The molecule has 1 heterocycles. The van der Waals surface area contributed by atoms with Crippen molar-refractivity contribution < 1.29 is 8.78 Å². The fourth-order valence-electron chi connectivity index (χ4n) is 1.97. The number of nitrogens with zero attached hydrogens (tertiary/aromatic N) is 1. The molecule has 0 saturated carbocycles. The smallest absolute Gasteiger partial charge is 0.149 e. The van der Waals surface area contributed by atoms with E-state index in [1.165, 1.54) is 12.1 Å². The number of anilines is 1. The van der Waals surface area contributed by atoms with Crippen LogP contribution in [0.2, 0.25) is 0 Å². The zero-order chi connectivity index (χ0) is 12.3. The summed E-state index contributed by atoms with van der Waals surface area (Å²) in [6.45, 7) is 1.45. The molecule has 94 valence electrons. The lowest BCUT2D eigenvalue weighted by atomic mass is 10.2. The SMILES string of the molecule is Fc1cc(CBr)cc(F)c1N1CCCSCC1. The fourth-order valence-corrected chi connectivity index (χ4v) is 3.18. The van der Waals surface area contributed by atoms with Crippen molar-refractivity contribution in [3.8, 4) is 0 Å². The van der Waals surface area contributed by atoms with Gasteiger partial charge in [0, 0.05) is 24.2 Å². The molecule has 2 rings (SSSR count). The van der Waals surface area contributed by atoms with Crippen molar-refractivity contribution >= 4 is 33.4 Å². The zero-order valence-electron chi connectivity index (χ0n) is 9.39. The van der Waals surface area contributed by atoms with Crippen molar-refractivity contribution in [2.75, 3.05) is 29.5 Å². The predicted molar refractivity (Wildman–Crippen MR) is 73.1 cm³/mol. The van der Waals surface area contributed by atoms with Crippen molar-refractivity contribution in [1.82, 2.24) is 0 Å². The van der Waals surface area contributed by atoms with Gasteiger partial charge in [-0.05, 0) is 29.9 Å². The van der Waals surface area contributed by atoms with Gasteiger partial charge in [0.2, 0.25) is 0 Å². The van der Waals surface area contributed by atoms with Crippen LogP contribution in [0.15, 0.2) is 12.1 Å². The van der Waals surface area contributed by atoms with Crippen LogP contribution in [0, 0.1) is 11.6 Å². The first kappa shape index (κ1) is 13.1. The standard InChI is InChI=1S/C12H14BrF2NS/c13-8-9-6-10(14)12(11(15)7-9)16-2-1-4-17-5-3-16/h6-7H,1-5,8H2. The van der Waals surface area contributed by atoms with E-state index in [-0.39, 0.29) is 5.69 Å². The van der Waals surface area contributed by atoms with E-state index in [9.17, 15) is 8.78 Å². The fraction of sp³-hybridized carbons (Fsp3) is 0.500. The summed E-state index contributed by atoms with van der Waals surface area (Å²) < 4.78 is 27.8. The summed E-state index contributed by atoms with van der Waals surface area (Å²) in [6, 6.07) is 2.82. The van der Waals surface area contributed by atoms with Gasteiger partial charge >= 0.3 is 0 Å². The quantitative estimate of drug-likeness (QED) is 0.762. The predicted octanol–water partition coefficient (Wildman–Crippen LogP) is 3.80. The van der Waals surface area contributed by atoms with Crippen LogP contribution >= 0.6 is 27.7 Å². The van der Waals surface area contributed by atoms with E-state index >= 15 is 0 Å². The number of alkyl halides is 1. The second-order valence-corrected chi connectivity index (χ2v) is 5.78. The lowest BCUT2D eigenvalue weighted by Gasteiger charge is -2.23. The van der Waals surface area contributed by atoms with Gasteiger partial charge in [-0.25, -0.2) is 8.78 Å². The average molecular weight is 322 g/mol. The minimum Gasteiger partial charge on any atom is -0.366 e. The Labute approximate surface area is 113 Å². The first-order valence-corrected chi connectivity index (χ1v) is 7.86. The minimum atomic E-state index is -0.452. The van der Waals surface area contributed by atoms with Crippen molar-refractivity contribution in [3.63, 3.8) is 0 Å². The molecule has 1 aromatic rings. The molecular formula is C12H14BrF2NS. The van der Waals surface area contributed by atoms with Crippen molar-refractivity contribution in [3.05, 3.63) is 29.3 Å². The Hall–Kier alpha value is -0.290. The number of benzene rings is 1. The molecule has 0 unspecified atom stereocenters. The number of thioether (sulfide) groups is 1. The van der Waals surface area contributed by atoms with E-state index in [1.807, 2.05) is 16.7 Å². The van der Waals surface area contributed by atoms with Crippen LogP contribution in [0.1, 0.15) is 12.0 Å². The van der Waals surface area contributed by atoms with Gasteiger partial charge in [-0.2, -0.15) is 11.8 Å². The highest BCUT2D eigenvalue weighted by Crippen LogP contribution is 2.27. The van der Waals surface area contributed by atoms with E-state index in [0.717, 1.165) is 24.5 Å². The third-order valence-electron chi connectivity index (χ3n) is 2.77. The molecular weight excluding hydrogens is 308 g/mol. The summed E-state index contributed by atoms with van der Waals surface area (Å²) >= 11 is 5.05. The molecule has 0 atom stereocenters. The Morgan fingerprint density at radius 1 is 1.18 bits per heavy atom. The molecule has 1 aliphatic heterocycles. The van der Waals surface area contributed by atoms with Gasteiger partial charge in [0.05, 0.1) is 0 Å². The lowest BCUT2D eigenvalue weighted by molar-refractivity contribution is 0.570. The van der Waals surface area contributed by atoms with Gasteiger partial charge in [0.15, 0.2) is 0 Å². The molecule has 1 aromatic carbocycles. The van der Waals surface area contributed by atoms with E-state index in [0.29, 0.717) is 17.4 Å². The molecule has 0 aliphatic carbocycles. The zero-order valence-corrected chi connectivity index (χ0v) is 11.8. The first-order valence-electron chi connectivity index (χ1n) is 5.59. The molecule has 1 saturated heterocycles. The minimum absolute atomic E-state index is 0.136. The molecule has 1 aliphatic rings. The molecule has 5 heteroatoms. The van der Waals surface area contributed by atoms with Crippen LogP contribution in [0.5, 0.6) is 0 Å². The number of hydrogen-bond acceptors (Lipinski definition) is 2. The highest BCUT2D eigenvalue weighted by atomic mass is 79.9. The normalized spacial score (nSPS) is 17.0. The van der Waals surface area contributed by atoms with Gasteiger partial charge in [-0.1, -0.05) is 15.9 Å². The summed E-state index contributed by atoms with van der Waals surface area (Å²) in [5.41, 5.74) is 0.769. The van der Waals surface area contributed by atoms with Gasteiger partial charge in [-0.15, -0.1) is 0 Å². The van der Waals surface area contributed by atoms with Crippen molar-refractivity contribution in [1.29, 1.82) is 0 Å². The Kier molecular flexibility index (Phi) is 4.68. The van der Waals surface area contributed by atoms with Crippen molar-refractivity contribution in [2.45, 2.75) is 11.8 Å². The lowest BCUT2D eigenvalue weighted by Crippen LogP contribution is -2.27. The number of halogens is 3. The molecule has 0 spiro atoms. The highest BCUT2D eigenvalue weighted by molar-refractivity contribution is 9.08. The number of rotatable bonds is 2. The van der Waals surface area contributed by atoms with E-state index in [4.69, 9.17) is 0 Å². The largest absolute Gasteiger partial charge is 0.366 e. The van der Waals surface area contributed by atoms with Crippen LogP contribution in [-0.4, -0.2) is 24.6 Å². The molecule has 0 N–H and O–H groups in total. The Morgan fingerprint density at radius 3 is 2.53 bits per heavy atom. The summed E-state index contributed by atoms with van der Waals surface area (Å²) in [4.78, 5) is 1.82. The maximum atomic E-state index is 13.9. The maximum Gasteiger partial charge on any atom is 0.149 e. The van der Waals surface area contributed by atoms with Gasteiger partial charge in [0.25, 0.3) is 0 Å². The molecule has 0 bridgehead atoms. The highest BCUT2D eigenvalue weighted by Gasteiger charge is 2.19. The van der Waals surface area contributed by atoms with Crippen LogP contribution in [-0.2, 0) is 5.33 Å². The maximum absolute atomic E-state index is 13.9. The Morgan fingerprint density at radius 2 is 1.88 bits per heavy atom. The third-order valence-corrected chi connectivity index (χ3v) is 4.47. The van der Waals surface area contributed by atoms with E-state index < -0.39 is 11.6 Å². The monoisotopic (exact) mass is 321 g/mol. The average Bonchev–Trinajstić information content (AvgIpc) is 2.57. The molecule has 17 heavy (non-hydrogen) atoms. The summed E-state index contributed by atoms with van der Waals surface area (Å²) in [6.07, 6.45) is 0.976. The van der Waals surface area contributed by atoms with Crippen LogP contribution in [0.3, 0.4) is 0 Å². The van der Waals surface area contributed by atoms with Gasteiger partial charge in [0.1, 0.15) is 17.3 Å².